The van der Waals surface area contributed by atoms with Crippen LogP contribution in [0.5, 0.6) is 0 Å². The minimum Gasteiger partial charge on any atom is -0.455 e. The smallest absolute Gasteiger partial charge is 0.321 e. The van der Waals surface area contributed by atoms with Gasteiger partial charge in [0.25, 0.3) is 5.91 Å². The van der Waals surface area contributed by atoms with Crippen LogP contribution in [-0.4, -0.2) is 46.0 Å². The Kier molecular flexibility index (Phi) is 7.52. The number of urea groups is 1. The molecule has 0 atom stereocenters. The lowest BCUT2D eigenvalue weighted by Gasteiger charge is -2.09. The predicted molar refractivity (Wildman–Crippen MR) is 89.3 cm³/mol. The average Bonchev–Trinajstić information content (AvgIpc) is 2.53. The molecule has 0 aliphatic carbocycles. The van der Waals surface area contributed by atoms with Gasteiger partial charge in [-0.2, -0.15) is 4.72 Å². The first kappa shape index (κ1) is 20.6. The maximum atomic E-state index is 12.1. The summed E-state index contributed by atoms with van der Waals surface area (Å²) in [5.41, 5.74) is 1.74. The van der Waals surface area contributed by atoms with E-state index < -0.39 is 41.1 Å². The fourth-order valence-corrected chi connectivity index (χ4v) is 2.74. The average molecular weight is 371 g/mol. The maximum Gasteiger partial charge on any atom is 0.321 e. The molecule has 10 heteroatoms. The molecule has 1 rings (SSSR count). The molecule has 0 fully saturated rings. The van der Waals surface area contributed by atoms with Crippen molar-refractivity contribution in [2.24, 2.45) is 0 Å². The van der Waals surface area contributed by atoms with Crippen LogP contribution in [0, 0.1) is 13.8 Å². The van der Waals surface area contributed by atoms with Gasteiger partial charge in [-0.05, 0) is 44.0 Å². The van der Waals surface area contributed by atoms with E-state index in [2.05, 4.69) is 14.8 Å². The fraction of sp³-hybridized carbons (Fsp3) is 0.400. The number of hydrogen-bond donors (Lipinski definition) is 3. The molecular weight excluding hydrogens is 350 g/mol. The lowest BCUT2D eigenvalue weighted by molar-refractivity contribution is -0.147. The van der Waals surface area contributed by atoms with Crippen LogP contribution in [0.3, 0.4) is 0 Å². The summed E-state index contributed by atoms with van der Waals surface area (Å²) in [6, 6.07) is 3.87. The standard InChI is InChI=1S/C15H21N3O6S/c1-4-16-15(21)18-13(19)9-24-14(20)8-17-25(22,23)12-6-5-10(2)11(3)7-12/h5-7,17H,4,8-9H2,1-3H3,(H2,16,18,19,21). The molecule has 0 radical (unpaired) electrons. The van der Waals surface area contributed by atoms with Crippen molar-refractivity contribution in [2.45, 2.75) is 25.7 Å². The van der Waals surface area contributed by atoms with Crippen LogP contribution in [0.2, 0.25) is 0 Å². The SMILES string of the molecule is CCNC(=O)NC(=O)COC(=O)CNS(=O)(=O)c1ccc(C)c(C)c1. The number of sulfonamides is 1. The second kappa shape index (κ2) is 9.14. The van der Waals surface area contributed by atoms with Crippen molar-refractivity contribution in [2.75, 3.05) is 19.7 Å². The molecule has 1 aromatic carbocycles. The first-order chi connectivity index (χ1) is 11.7. The van der Waals surface area contributed by atoms with Gasteiger partial charge in [-0.1, -0.05) is 6.07 Å². The number of aryl methyl sites for hydroxylation is 2. The highest BCUT2D eigenvalue weighted by atomic mass is 32.2. The van der Waals surface area contributed by atoms with Crippen molar-refractivity contribution in [1.82, 2.24) is 15.4 Å². The Morgan fingerprint density at radius 1 is 1.12 bits per heavy atom. The van der Waals surface area contributed by atoms with E-state index >= 15 is 0 Å². The van der Waals surface area contributed by atoms with Crippen LogP contribution in [-0.2, 0) is 24.3 Å². The molecule has 0 saturated heterocycles. The minimum absolute atomic E-state index is 0.0254. The lowest BCUT2D eigenvalue weighted by atomic mass is 10.1. The highest BCUT2D eigenvalue weighted by Gasteiger charge is 2.17. The minimum atomic E-state index is -3.88. The monoisotopic (exact) mass is 371 g/mol. The molecule has 0 saturated carbocycles. The molecule has 3 amide bonds. The van der Waals surface area contributed by atoms with E-state index in [-0.39, 0.29) is 4.90 Å². The van der Waals surface area contributed by atoms with E-state index in [1.54, 1.807) is 19.9 Å². The highest BCUT2D eigenvalue weighted by Crippen LogP contribution is 2.14. The number of amides is 3. The van der Waals surface area contributed by atoms with Gasteiger partial charge in [0, 0.05) is 6.54 Å². The van der Waals surface area contributed by atoms with E-state index in [9.17, 15) is 22.8 Å². The highest BCUT2D eigenvalue weighted by molar-refractivity contribution is 7.89. The summed E-state index contributed by atoms with van der Waals surface area (Å²) in [5.74, 6) is -1.77. The van der Waals surface area contributed by atoms with Gasteiger partial charge >= 0.3 is 12.0 Å². The number of benzene rings is 1. The summed E-state index contributed by atoms with van der Waals surface area (Å²) in [6.07, 6.45) is 0. The van der Waals surface area contributed by atoms with Gasteiger partial charge in [0.1, 0.15) is 6.54 Å². The Labute approximate surface area is 146 Å². The van der Waals surface area contributed by atoms with E-state index in [0.29, 0.717) is 6.54 Å². The normalized spacial score (nSPS) is 10.8. The largest absolute Gasteiger partial charge is 0.455 e. The maximum absolute atomic E-state index is 12.1. The van der Waals surface area contributed by atoms with Crippen molar-refractivity contribution < 1.29 is 27.5 Å². The third-order valence-electron chi connectivity index (χ3n) is 3.15. The van der Waals surface area contributed by atoms with Crippen molar-refractivity contribution in [3.8, 4) is 0 Å². The van der Waals surface area contributed by atoms with Crippen molar-refractivity contribution in [3.63, 3.8) is 0 Å². The molecule has 138 valence electrons. The summed E-state index contributed by atoms with van der Waals surface area (Å²) < 4.78 is 30.9. The first-order valence-corrected chi connectivity index (χ1v) is 8.94. The number of nitrogens with one attached hydrogen (secondary N) is 3. The zero-order chi connectivity index (χ0) is 19.0. The summed E-state index contributed by atoms with van der Waals surface area (Å²) in [7, 11) is -3.88. The van der Waals surface area contributed by atoms with E-state index in [0.717, 1.165) is 11.1 Å². The number of ether oxygens (including phenoxy) is 1. The van der Waals surface area contributed by atoms with Crippen LogP contribution in [0.4, 0.5) is 4.79 Å². The van der Waals surface area contributed by atoms with E-state index in [1.807, 2.05) is 12.2 Å². The molecule has 0 bridgehead atoms. The molecule has 25 heavy (non-hydrogen) atoms. The number of rotatable bonds is 7. The van der Waals surface area contributed by atoms with Crippen molar-refractivity contribution in [3.05, 3.63) is 29.3 Å². The molecule has 0 spiro atoms. The molecule has 0 unspecified atom stereocenters. The lowest BCUT2D eigenvalue weighted by Crippen LogP contribution is -2.41. The van der Waals surface area contributed by atoms with Crippen LogP contribution in [0.1, 0.15) is 18.1 Å². The third kappa shape index (κ3) is 6.89. The second-order valence-electron chi connectivity index (χ2n) is 5.14. The topological polar surface area (TPSA) is 131 Å². The van der Waals surface area contributed by atoms with Gasteiger partial charge in [-0.15, -0.1) is 0 Å². The summed E-state index contributed by atoms with van der Waals surface area (Å²) >= 11 is 0. The number of hydrogen-bond acceptors (Lipinski definition) is 6. The molecule has 1 aromatic rings. The number of carbonyl (C=O) groups is 3. The van der Waals surface area contributed by atoms with Crippen molar-refractivity contribution in [1.29, 1.82) is 0 Å². The predicted octanol–water partition coefficient (Wildman–Crippen LogP) is -0.0294. The van der Waals surface area contributed by atoms with Gasteiger partial charge in [-0.3, -0.25) is 14.9 Å². The fourth-order valence-electron chi connectivity index (χ4n) is 1.68. The molecule has 0 heterocycles. The Hall–Kier alpha value is -2.46. The van der Waals surface area contributed by atoms with Gasteiger partial charge in [0.15, 0.2) is 6.61 Å². The summed E-state index contributed by atoms with van der Waals surface area (Å²) in [4.78, 5) is 34.0. The van der Waals surface area contributed by atoms with Gasteiger partial charge < -0.3 is 10.1 Å². The molecule has 0 aliphatic rings. The van der Waals surface area contributed by atoms with Gasteiger partial charge in [0.05, 0.1) is 4.90 Å². The summed E-state index contributed by atoms with van der Waals surface area (Å²) in [6.45, 7) is 4.30. The zero-order valence-electron chi connectivity index (χ0n) is 14.2. The molecule has 0 aromatic heterocycles. The molecule has 9 nitrogen and oxygen atoms in total. The zero-order valence-corrected chi connectivity index (χ0v) is 15.0. The second-order valence-corrected chi connectivity index (χ2v) is 6.91. The number of esters is 1. The Morgan fingerprint density at radius 2 is 1.80 bits per heavy atom. The number of carbonyl (C=O) groups excluding carboxylic acids is 3. The van der Waals surface area contributed by atoms with E-state index in [1.165, 1.54) is 12.1 Å². The van der Waals surface area contributed by atoms with Gasteiger partial charge in [0.2, 0.25) is 10.0 Å². The Balaban J connectivity index is 2.48. The third-order valence-corrected chi connectivity index (χ3v) is 4.55. The Morgan fingerprint density at radius 3 is 2.40 bits per heavy atom. The van der Waals surface area contributed by atoms with Crippen LogP contribution >= 0.6 is 0 Å². The molecule has 3 N–H and O–H groups in total. The van der Waals surface area contributed by atoms with Crippen LogP contribution < -0.4 is 15.4 Å². The van der Waals surface area contributed by atoms with E-state index in [4.69, 9.17) is 0 Å². The van der Waals surface area contributed by atoms with Crippen LogP contribution in [0.15, 0.2) is 23.1 Å². The van der Waals surface area contributed by atoms with Crippen molar-refractivity contribution >= 4 is 27.9 Å². The quantitative estimate of drug-likeness (QED) is 0.577. The Bertz CT molecular complexity index is 761. The molecule has 0 aliphatic heterocycles. The van der Waals surface area contributed by atoms with Crippen LogP contribution in [0.25, 0.3) is 0 Å². The molecular formula is C15H21N3O6S. The number of imide groups is 1. The van der Waals surface area contributed by atoms with Gasteiger partial charge in [-0.25, -0.2) is 13.2 Å². The first-order valence-electron chi connectivity index (χ1n) is 7.46. The summed E-state index contributed by atoms with van der Waals surface area (Å²) in [5, 5.41) is 4.27.